The van der Waals surface area contributed by atoms with Crippen molar-refractivity contribution in [3.63, 3.8) is 0 Å². The van der Waals surface area contributed by atoms with Crippen LogP contribution in [-0.4, -0.2) is 81.1 Å². The van der Waals surface area contributed by atoms with Gasteiger partial charge in [-0.2, -0.15) is 4.31 Å². The summed E-state index contributed by atoms with van der Waals surface area (Å²) in [6.07, 6.45) is 2.25. The van der Waals surface area contributed by atoms with E-state index < -0.39 is 15.8 Å². The van der Waals surface area contributed by atoms with Gasteiger partial charge < -0.3 is 19.9 Å². The molecule has 0 bridgehead atoms. The zero-order valence-corrected chi connectivity index (χ0v) is 19.1. The van der Waals surface area contributed by atoms with Gasteiger partial charge in [0.15, 0.2) is 0 Å². The number of sulfonamides is 1. The Kier molecular flexibility index (Phi) is 7.41. The van der Waals surface area contributed by atoms with Gasteiger partial charge in [-0.3, -0.25) is 0 Å². The molecule has 2 saturated heterocycles. The highest BCUT2D eigenvalue weighted by Crippen LogP contribution is 2.19. The van der Waals surface area contributed by atoms with E-state index in [-0.39, 0.29) is 24.0 Å². The second kappa shape index (κ2) is 10.4. The molecule has 178 valence electrons. The van der Waals surface area contributed by atoms with Gasteiger partial charge in [0.25, 0.3) is 0 Å². The zero-order valence-electron chi connectivity index (χ0n) is 18.3. The highest BCUT2D eigenvalue weighted by Gasteiger charge is 2.28. The molecule has 2 aromatic rings. The van der Waals surface area contributed by atoms with E-state index in [1.807, 2.05) is 12.1 Å². The summed E-state index contributed by atoms with van der Waals surface area (Å²) in [4.78, 5) is 21.0. The van der Waals surface area contributed by atoms with Crippen molar-refractivity contribution in [2.45, 2.75) is 17.9 Å². The molecule has 4 rings (SSSR count). The van der Waals surface area contributed by atoms with Crippen LogP contribution < -0.4 is 10.2 Å². The third kappa shape index (κ3) is 5.79. The standard InChI is InChI=1S/C22H28FN5O4S/c23-19-2-4-20(5-3-19)33(30,31)28-9-1-8-27(10-11-28)22(29)25-17-18-6-7-24-21(16-18)26-12-14-32-15-13-26/h2-7,16H,1,8-15,17H2,(H,25,29). The summed E-state index contributed by atoms with van der Waals surface area (Å²) in [5, 5.41) is 2.92. The largest absolute Gasteiger partial charge is 0.378 e. The molecular formula is C22H28FN5O4S. The van der Waals surface area contributed by atoms with Crippen LogP contribution in [0.25, 0.3) is 0 Å². The van der Waals surface area contributed by atoms with Gasteiger partial charge in [0.05, 0.1) is 18.1 Å². The van der Waals surface area contributed by atoms with Crippen LogP contribution in [0.15, 0.2) is 47.5 Å². The Morgan fingerprint density at radius 2 is 1.79 bits per heavy atom. The summed E-state index contributed by atoms with van der Waals surface area (Å²) in [5.74, 6) is 0.375. The maximum absolute atomic E-state index is 13.2. The molecular weight excluding hydrogens is 449 g/mol. The topological polar surface area (TPSA) is 95.1 Å². The van der Waals surface area contributed by atoms with Crippen LogP contribution >= 0.6 is 0 Å². The van der Waals surface area contributed by atoms with Gasteiger partial charge in [0.1, 0.15) is 11.6 Å². The van der Waals surface area contributed by atoms with Crippen LogP contribution in [0.5, 0.6) is 0 Å². The summed E-state index contributed by atoms with van der Waals surface area (Å²) in [6.45, 7) is 4.49. The lowest BCUT2D eigenvalue weighted by Crippen LogP contribution is -2.42. The van der Waals surface area contributed by atoms with E-state index in [1.54, 1.807) is 11.1 Å². The summed E-state index contributed by atoms with van der Waals surface area (Å²) in [5.41, 5.74) is 0.940. The molecule has 3 heterocycles. The number of halogens is 1. The average molecular weight is 478 g/mol. The molecule has 0 atom stereocenters. The van der Waals surface area contributed by atoms with E-state index in [0.29, 0.717) is 39.3 Å². The van der Waals surface area contributed by atoms with Crippen molar-refractivity contribution in [2.75, 3.05) is 57.4 Å². The molecule has 33 heavy (non-hydrogen) atoms. The lowest BCUT2D eigenvalue weighted by atomic mass is 10.2. The third-order valence-corrected chi connectivity index (χ3v) is 7.70. The number of carbonyl (C=O) groups excluding carboxylic acids is 1. The summed E-state index contributed by atoms with van der Waals surface area (Å²) in [6, 6.07) is 8.39. The van der Waals surface area contributed by atoms with Crippen molar-refractivity contribution in [1.82, 2.24) is 19.5 Å². The maximum Gasteiger partial charge on any atom is 0.317 e. The molecule has 9 nitrogen and oxygen atoms in total. The first-order valence-electron chi connectivity index (χ1n) is 11.0. The van der Waals surface area contributed by atoms with Crippen LogP contribution in [0, 0.1) is 5.82 Å². The number of hydrogen-bond acceptors (Lipinski definition) is 6. The zero-order chi connectivity index (χ0) is 23.3. The summed E-state index contributed by atoms with van der Waals surface area (Å²) in [7, 11) is -3.73. The number of urea groups is 1. The van der Waals surface area contributed by atoms with Crippen LogP contribution in [-0.2, 0) is 21.3 Å². The monoisotopic (exact) mass is 477 g/mol. The van der Waals surface area contributed by atoms with Crippen LogP contribution in [0.2, 0.25) is 0 Å². The number of nitrogens with zero attached hydrogens (tertiary/aromatic N) is 4. The van der Waals surface area contributed by atoms with Gasteiger partial charge in [-0.25, -0.2) is 22.6 Å². The number of nitrogens with one attached hydrogen (secondary N) is 1. The van der Waals surface area contributed by atoms with Gasteiger partial charge in [-0.1, -0.05) is 0 Å². The van der Waals surface area contributed by atoms with Gasteiger partial charge in [0.2, 0.25) is 10.0 Å². The van der Waals surface area contributed by atoms with Crippen molar-refractivity contribution in [1.29, 1.82) is 0 Å². The average Bonchev–Trinajstić information content (AvgIpc) is 3.11. The number of aromatic nitrogens is 1. The van der Waals surface area contributed by atoms with Gasteiger partial charge in [-0.15, -0.1) is 0 Å². The number of hydrogen-bond donors (Lipinski definition) is 1. The van der Waals surface area contributed by atoms with E-state index >= 15 is 0 Å². The van der Waals surface area contributed by atoms with Crippen molar-refractivity contribution < 1.29 is 22.3 Å². The maximum atomic E-state index is 13.2. The Hall–Kier alpha value is -2.76. The fourth-order valence-electron chi connectivity index (χ4n) is 3.92. The molecule has 2 fully saturated rings. The molecule has 0 saturated carbocycles. The first-order chi connectivity index (χ1) is 15.9. The van der Waals surface area contributed by atoms with E-state index in [4.69, 9.17) is 4.74 Å². The van der Waals surface area contributed by atoms with Crippen molar-refractivity contribution in [2.24, 2.45) is 0 Å². The van der Waals surface area contributed by atoms with Crippen LogP contribution in [0.4, 0.5) is 15.0 Å². The molecule has 2 aliphatic rings. The smallest absolute Gasteiger partial charge is 0.317 e. The van der Waals surface area contributed by atoms with Crippen molar-refractivity contribution in [3.05, 3.63) is 54.0 Å². The minimum Gasteiger partial charge on any atom is -0.378 e. The molecule has 0 radical (unpaired) electrons. The summed E-state index contributed by atoms with van der Waals surface area (Å²) >= 11 is 0. The predicted octanol–water partition coefficient (Wildman–Crippen LogP) is 1.66. The number of ether oxygens (including phenoxy) is 1. The SMILES string of the molecule is O=C(NCc1ccnc(N2CCOCC2)c1)N1CCCN(S(=O)(=O)c2ccc(F)cc2)CC1. The predicted molar refractivity (Wildman–Crippen MR) is 121 cm³/mol. The van der Waals surface area contributed by atoms with E-state index in [0.717, 1.165) is 36.6 Å². The van der Waals surface area contributed by atoms with E-state index in [2.05, 4.69) is 15.2 Å². The number of benzene rings is 1. The Morgan fingerprint density at radius 3 is 2.55 bits per heavy atom. The Morgan fingerprint density at radius 1 is 1.03 bits per heavy atom. The van der Waals surface area contributed by atoms with Crippen LogP contribution in [0.3, 0.4) is 0 Å². The number of amides is 2. The molecule has 1 aromatic carbocycles. The molecule has 1 N–H and O–H groups in total. The summed E-state index contributed by atoms with van der Waals surface area (Å²) < 4.78 is 45.6. The number of morpholine rings is 1. The molecule has 11 heteroatoms. The van der Waals surface area contributed by atoms with Gasteiger partial charge in [-0.05, 0) is 48.4 Å². The Balaban J connectivity index is 1.32. The highest BCUT2D eigenvalue weighted by molar-refractivity contribution is 7.89. The second-order valence-electron chi connectivity index (χ2n) is 7.98. The fraction of sp³-hybridized carbons (Fsp3) is 0.455. The van der Waals surface area contributed by atoms with Crippen molar-refractivity contribution >= 4 is 21.9 Å². The van der Waals surface area contributed by atoms with E-state index in [9.17, 15) is 17.6 Å². The molecule has 2 amide bonds. The van der Waals surface area contributed by atoms with Gasteiger partial charge in [0, 0.05) is 52.0 Å². The normalized spacial score (nSPS) is 18.1. The molecule has 0 spiro atoms. The van der Waals surface area contributed by atoms with E-state index in [1.165, 1.54) is 16.4 Å². The number of anilines is 1. The lowest BCUT2D eigenvalue weighted by molar-refractivity contribution is 0.122. The number of rotatable bonds is 5. The quantitative estimate of drug-likeness (QED) is 0.704. The number of carbonyl (C=O) groups is 1. The van der Waals surface area contributed by atoms with Crippen molar-refractivity contribution in [3.8, 4) is 0 Å². The number of pyridine rings is 1. The minimum atomic E-state index is -3.73. The first kappa shape index (κ1) is 23.4. The fourth-order valence-corrected chi connectivity index (χ4v) is 5.39. The minimum absolute atomic E-state index is 0.0514. The van der Waals surface area contributed by atoms with Crippen LogP contribution in [0.1, 0.15) is 12.0 Å². The third-order valence-electron chi connectivity index (χ3n) is 5.78. The molecule has 0 unspecified atom stereocenters. The lowest BCUT2D eigenvalue weighted by Gasteiger charge is -2.28. The second-order valence-corrected chi connectivity index (χ2v) is 9.92. The molecule has 2 aliphatic heterocycles. The first-order valence-corrected chi connectivity index (χ1v) is 12.4. The van der Waals surface area contributed by atoms with Gasteiger partial charge >= 0.3 is 6.03 Å². The highest BCUT2D eigenvalue weighted by atomic mass is 32.2. The molecule has 0 aliphatic carbocycles. The Labute approximate surface area is 193 Å². The molecule has 1 aromatic heterocycles. The Bertz CT molecular complexity index is 1060.